The molecule has 1 saturated carbocycles. The van der Waals surface area contributed by atoms with Crippen molar-refractivity contribution in [3.05, 3.63) is 88.2 Å². The number of carbonyl (C=O) groups is 1. The Bertz CT molecular complexity index is 1190. The van der Waals surface area contributed by atoms with Crippen LogP contribution in [0.1, 0.15) is 22.7 Å². The fourth-order valence-electron chi connectivity index (χ4n) is 5.22. The molecule has 3 N–H and O–H groups in total. The maximum Gasteiger partial charge on any atom is 0.310 e. The Kier molecular flexibility index (Phi) is 4.77. The van der Waals surface area contributed by atoms with E-state index in [1.807, 2.05) is 6.07 Å². The van der Waals surface area contributed by atoms with E-state index in [1.165, 1.54) is 13.3 Å². The molecule has 0 saturated heterocycles. The summed E-state index contributed by atoms with van der Waals surface area (Å²) in [5.41, 5.74) is -2.53. The van der Waals surface area contributed by atoms with E-state index in [1.54, 1.807) is 54.6 Å². The second-order valence-corrected chi connectivity index (χ2v) is 8.95. The Morgan fingerprint density at radius 2 is 1.84 bits per heavy atom. The molecule has 32 heavy (non-hydrogen) atoms. The molecule has 8 heteroatoms. The van der Waals surface area contributed by atoms with E-state index in [0.717, 1.165) is 4.47 Å². The fourth-order valence-corrected chi connectivity index (χ4v) is 5.49. The van der Waals surface area contributed by atoms with E-state index >= 15 is 0 Å². The molecule has 164 valence electrons. The lowest BCUT2D eigenvalue weighted by molar-refractivity contribution is -0.160. The van der Waals surface area contributed by atoms with Crippen molar-refractivity contribution in [1.82, 2.24) is 4.98 Å². The van der Waals surface area contributed by atoms with Crippen LogP contribution >= 0.6 is 15.9 Å². The van der Waals surface area contributed by atoms with Gasteiger partial charge in [-0.3, -0.25) is 9.78 Å². The van der Waals surface area contributed by atoms with Crippen LogP contribution in [0.4, 0.5) is 0 Å². The standard InChI is InChI=1S/C24H20BrNO6/c1-31-16-11-17-20(26-12-16)23(30)21(27)18(22(28)29)19(13-5-3-2-4-6-13)24(23,32-17)14-7-9-15(25)10-8-14/h2-12,18-19,21,27,30H,1H3,(H,28,29)/t18-,19-,21-,23+,24+/m1/s1. The number of fused-ring (bicyclic) bond motifs is 3. The highest BCUT2D eigenvalue weighted by atomic mass is 79.9. The van der Waals surface area contributed by atoms with Crippen LogP contribution in [-0.4, -0.2) is 39.5 Å². The molecule has 0 bridgehead atoms. The van der Waals surface area contributed by atoms with Gasteiger partial charge >= 0.3 is 5.97 Å². The number of aliphatic hydroxyl groups excluding tert-OH is 1. The van der Waals surface area contributed by atoms with Gasteiger partial charge in [-0.2, -0.15) is 0 Å². The topological polar surface area (TPSA) is 109 Å². The van der Waals surface area contributed by atoms with Crippen molar-refractivity contribution in [2.24, 2.45) is 5.92 Å². The quantitative estimate of drug-likeness (QED) is 0.507. The van der Waals surface area contributed by atoms with Gasteiger partial charge in [0.25, 0.3) is 0 Å². The number of benzene rings is 2. The number of aliphatic carboxylic acids is 1. The molecule has 2 aromatic carbocycles. The lowest BCUT2D eigenvalue weighted by Gasteiger charge is -2.40. The van der Waals surface area contributed by atoms with Gasteiger partial charge in [0.1, 0.15) is 23.3 Å². The summed E-state index contributed by atoms with van der Waals surface area (Å²) in [7, 11) is 1.49. The average Bonchev–Trinajstić information content (AvgIpc) is 3.17. The van der Waals surface area contributed by atoms with Crippen molar-refractivity contribution in [3.8, 4) is 11.5 Å². The van der Waals surface area contributed by atoms with Gasteiger partial charge in [-0.1, -0.05) is 58.4 Å². The third-order valence-electron chi connectivity index (χ3n) is 6.54. The van der Waals surface area contributed by atoms with Crippen LogP contribution in [0.2, 0.25) is 0 Å². The Labute approximate surface area is 192 Å². The van der Waals surface area contributed by atoms with Crippen LogP contribution in [0.5, 0.6) is 11.5 Å². The highest BCUT2D eigenvalue weighted by Gasteiger charge is 2.78. The molecule has 5 atom stereocenters. The first kappa shape index (κ1) is 20.9. The molecule has 1 aliphatic carbocycles. The summed E-state index contributed by atoms with van der Waals surface area (Å²) < 4.78 is 12.5. The zero-order valence-corrected chi connectivity index (χ0v) is 18.6. The first-order valence-electron chi connectivity index (χ1n) is 10.0. The lowest BCUT2D eigenvalue weighted by atomic mass is 9.71. The predicted molar refractivity (Wildman–Crippen MR) is 117 cm³/mol. The summed E-state index contributed by atoms with van der Waals surface area (Å²) in [6.07, 6.45) is -0.271. The number of carboxylic acid groups (broad SMARTS) is 1. The molecule has 3 aromatic rings. The average molecular weight is 498 g/mol. The summed E-state index contributed by atoms with van der Waals surface area (Å²) in [5.74, 6) is -2.84. The Hall–Kier alpha value is -2.94. The first-order chi connectivity index (χ1) is 15.3. The van der Waals surface area contributed by atoms with Gasteiger partial charge in [0, 0.05) is 16.5 Å². The summed E-state index contributed by atoms with van der Waals surface area (Å²) in [5, 5.41) is 33.7. The summed E-state index contributed by atoms with van der Waals surface area (Å²) in [6.45, 7) is 0. The van der Waals surface area contributed by atoms with E-state index in [4.69, 9.17) is 9.47 Å². The van der Waals surface area contributed by atoms with E-state index < -0.39 is 35.1 Å². The molecule has 1 aliphatic heterocycles. The van der Waals surface area contributed by atoms with Crippen LogP contribution < -0.4 is 9.47 Å². The molecular formula is C24H20BrNO6. The van der Waals surface area contributed by atoms with Gasteiger partial charge in [0.2, 0.25) is 0 Å². The molecule has 0 amide bonds. The van der Waals surface area contributed by atoms with Crippen molar-refractivity contribution in [2.45, 2.75) is 23.2 Å². The normalized spacial score (nSPS) is 30.3. The Morgan fingerprint density at radius 3 is 2.47 bits per heavy atom. The second kappa shape index (κ2) is 7.30. The number of methoxy groups -OCH3 is 1. The Balaban J connectivity index is 1.86. The monoisotopic (exact) mass is 497 g/mol. The SMILES string of the molecule is COc1cnc2c(c1)O[C@@]1(c3ccc(Br)cc3)[C@H](c3ccccc3)[C@@H](C(=O)O)[C@@H](O)[C@@]21O. The number of aromatic nitrogens is 1. The molecule has 0 radical (unpaired) electrons. The molecule has 7 nitrogen and oxygen atoms in total. The number of rotatable bonds is 4. The maximum atomic E-state index is 12.4. The van der Waals surface area contributed by atoms with Gasteiger partial charge in [0.05, 0.1) is 19.2 Å². The summed E-state index contributed by atoms with van der Waals surface area (Å²) >= 11 is 3.42. The van der Waals surface area contributed by atoms with E-state index in [0.29, 0.717) is 16.9 Å². The number of hydrogen-bond donors (Lipinski definition) is 3. The number of ether oxygens (including phenoxy) is 2. The smallest absolute Gasteiger partial charge is 0.310 e. The number of nitrogens with zero attached hydrogens (tertiary/aromatic N) is 1. The predicted octanol–water partition coefficient (Wildman–Crippen LogP) is 3.19. The fraction of sp³-hybridized carbons (Fsp3) is 0.250. The van der Waals surface area contributed by atoms with Crippen LogP contribution in [0.3, 0.4) is 0 Å². The minimum atomic E-state index is -2.12. The van der Waals surface area contributed by atoms with Gasteiger partial charge in [-0.15, -0.1) is 0 Å². The first-order valence-corrected chi connectivity index (χ1v) is 10.8. The highest BCUT2D eigenvalue weighted by Crippen LogP contribution is 2.68. The van der Waals surface area contributed by atoms with Crippen LogP contribution in [-0.2, 0) is 16.0 Å². The van der Waals surface area contributed by atoms with Crippen LogP contribution in [0.15, 0.2) is 71.3 Å². The second-order valence-electron chi connectivity index (χ2n) is 8.03. The number of carboxylic acids is 1. The third kappa shape index (κ3) is 2.60. The van der Waals surface area contributed by atoms with Gasteiger partial charge in [-0.25, -0.2) is 0 Å². The van der Waals surface area contributed by atoms with Crippen molar-refractivity contribution in [1.29, 1.82) is 0 Å². The lowest BCUT2D eigenvalue weighted by Crippen LogP contribution is -2.52. The number of pyridine rings is 1. The zero-order chi connectivity index (χ0) is 22.7. The summed E-state index contributed by atoms with van der Waals surface area (Å²) in [4.78, 5) is 16.8. The molecule has 1 fully saturated rings. The van der Waals surface area contributed by atoms with Crippen LogP contribution in [0.25, 0.3) is 0 Å². The number of halogens is 1. The minimum Gasteiger partial charge on any atom is -0.495 e. The van der Waals surface area contributed by atoms with Gasteiger partial charge in [-0.05, 0) is 23.3 Å². The number of hydrogen-bond acceptors (Lipinski definition) is 6. The van der Waals surface area contributed by atoms with Crippen molar-refractivity contribution < 1.29 is 29.6 Å². The van der Waals surface area contributed by atoms with E-state index in [-0.39, 0.29) is 11.4 Å². The largest absolute Gasteiger partial charge is 0.495 e. The molecule has 5 rings (SSSR count). The van der Waals surface area contributed by atoms with Crippen molar-refractivity contribution >= 4 is 21.9 Å². The molecular weight excluding hydrogens is 478 g/mol. The van der Waals surface area contributed by atoms with E-state index in [2.05, 4.69) is 20.9 Å². The van der Waals surface area contributed by atoms with Crippen molar-refractivity contribution in [2.75, 3.05) is 7.11 Å². The highest BCUT2D eigenvalue weighted by molar-refractivity contribution is 9.10. The number of aliphatic hydroxyl groups is 2. The van der Waals surface area contributed by atoms with Gasteiger partial charge < -0.3 is 24.8 Å². The van der Waals surface area contributed by atoms with Gasteiger partial charge in [0.15, 0.2) is 11.2 Å². The molecule has 0 unspecified atom stereocenters. The zero-order valence-electron chi connectivity index (χ0n) is 17.0. The maximum absolute atomic E-state index is 12.4. The van der Waals surface area contributed by atoms with Crippen molar-refractivity contribution in [3.63, 3.8) is 0 Å². The molecule has 0 spiro atoms. The molecule has 2 aliphatic rings. The van der Waals surface area contributed by atoms with Crippen LogP contribution in [0, 0.1) is 5.92 Å². The summed E-state index contributed by atoms with van der Waals surface area (Å²) in [6, 6.07) is 17.6. The Morgan fingerprint density at radius 1 is 1.16 bits per heavy atom. The molecule has 1 aromatic heterocycles. The van der Waals surface area contributed by atoms with E-state index in [9.17, 15) is 20.1 Å². The molecule has 2 heterocycles. The minimum absolute atomic E-state index is 0.0819. The third-order valence-corrected chi connectivity index (χ3v) is 7.07.